The largest absolute Gasteiger partial charge is 0.300 e. The molecule has 98 valence electrons. The topological polar surface area (TPSA) is 34.1 Å². The third-order valence-electron chi connectivity index (χ3n) is 2.14. The van der Waals surface area contributed by atoms with Crippen LogP contribution in [0, 0.1) is 0 Å². The molecule has 0 atom stereocenters. The lowest BCUT2D eigenvalue weighted by molar-refractivity contribution is -0.114. The first-order valence-corrected chi connectivity index (χ1v) is 6.21. The number of rotatable bonds is 2. The van der Waals surface area contributed by atoms with Gasteiger partial charge < -0.3 is 4.79 Å². The molecule has 0 aliphatic heterocycles. The van der Waals surface area contributed by atoms with Crippen LogP contribution in [0.1, 0.15) is 29.8 Å². The first-order valence-electron chi connectivity index (χ1n) is 5.83. The van der Waals surface area contributed by atoms with Gasteiger partial charge >= 0.3 is 0 Å². The maximum Gasteiger partial charge on any atom is 0.193 e. The van der Waals surface area contributed by atoms with E-state index < -0.39 is 0 Å². The van der Waals surface area contributed by atoms with Gasteiger partial charge in [-0.1, -0.05) is 41.9 Å². The number of hydrogen-bond acceptors (Lipinski definition) is 2. The summed E-state index contributed by atoms with van der Waals surface area (Å²) in [6.45, 7) is 3.06. The molecule has 0 saturated carbocycles. The molecule has 0 fully saturated rings. The van der Waals surface area contributed by atoms with Gasteiger partial charge in [-0.25, -0.2) is 0 Å². The second-order valence-corrected chi connectivity index (χ2v) is 4.55. The minimum absolute atomic E-state index is 0.0206. The molecule has 0 radical (unpaired) electrons. The number of hydrogen-bond donors (Lipinski definition) is 0. The highest BCUT2D eigenvalue weighted by Crippen LogP contribution is 2.13. The van der Waals surface area contributed by atoms with Crippen molar-refractivity contribution < 1.29 is 9.59 Å². The molecule has 0 heterocycles. The van der Waals surface area contributed by atoms with Crippen molar-refractivity contribution in [3.05, 3.63) is 70.7 Å². The highest BCUT2D eigenvalue weighted by atomic mass is 35.5. The van der Waals surface area contributed by atoms with Crippen LogP contribution in [0.4, 0.5) is 0 Å². The van der Waals surface area contributed by atoms with E-state index in [1.165, 1.54) is 13.8 Å². The summed E-state index contributed by atoms with van der Waals surface area (Å²) in [6.07, 6.45) is 0. The number of benzene rings is 2. The molecule has 3 heteroatoms. The zero-order valence-electron chi connectivity index (χ0n) is 10.9. The predicted molar refractivity (Wildman–Crippen MR) is 77.7 cm³/mol. The number of carbonyl (C=O) groups excluding carboxylic acids is 2. The quantitative estimate of drug-likeness (QED) is 0.771. The fourth-order valence-electron chi connectivity index (χ4n) is 1.36. The Kier molecular flexibility index (Phi) is 5.97. The highest BCUT2D eigenvalue weighted by Gasteiger charge is 2.07. The van der Waals surface area contributed by atoms with Crippen LogP contribution in [0.25, 0.3) is 0 Å². The molecule has 19 heavy (non-hydrogen) atoms. The van der Waals surface area contributed by atoms with Gasteiger partial charge in [-0.05, 0) is 38.1 Å². The zero-order valence-corrected chi connectivity index (χ0v) is 11.6. The first kappa shape index (κ1) is 15.1. The van der Waals surface area contributed by atoms with E-state index in [-0.39, 0.29) is 11.6 Å². The average Bonchev–Trinajstić information content (AvgIpc) is 2.39. The third kappa shape index (κ3) is 5.49. The van der Waals surface area contributed by atoms with Gasteiger partial charge in [-0.15, -0.1) is 0 Å². The summed E-state index contributed by atoms with van der Waals surface area (Å²) in [5.41, 5.74) is 1.35. The number of halogens is 1. The fraction of sp³-hybridized carbons (Fsp3) is 0.125. The Hall–Kier alpha value is -1.93. The fourth-order valence-corrected chi connectivity index (χ4v) is 1.48. The van der Waals surface area contributed by atoms with Crippen molar-refractivity contribution in [3.8, 4) is 0 Å². The minimum Gasteiger partial charge on any atom is -0.300 e. The van der Waals surface area contributed by atoms with E-state index in [2.05, 4.69) is 0 Å². The molecular weight excluding hydrogens is 260 g/mol. The van der Waals surface area contributed by atoms with Crippen LogP contribution in [0.15, 0.2) is 54.6 Å². The van der Waals surface area contributed by atoms with Crippen LogP contribution in [0.2, 0.25) is 5.02 Å². The van der Waals surface area contributed by atoms with E-state index in [0.717, 1.165) is 0 Å². The molecule has 2 aromatic carbocycles. The summed E-state index contributed by atoms with van der Waals surface area (Å²) in [4.78, 5) is 21.4. The first-order chi connectivity index (χ1) is 9.00. The van der Waals surface area contributed by atoms with Crippen molar-refractivity contribution in [2.75, 3.05) is 0 Å². The van der Waals surface area contributed by atoms with E-state index >= 15 is 0 Å². The Morgan fingerprint density at radius 1 is 0.789 bits per heavy atom. The summed E-state index contributed by atoms with van der Waals surface area (Å²) in [5, 5.41) is 0.639. The van der Waals surface area contributed by atoms with Crippen LogP contribution < -0.4 is 0 Å². The van der Waals surface area contributed by atoms with Crippen LogP contribution in [-0.4, -0.2) is 11.6 Å². The highest BCUT2D eigenvalue weighted by molar-refractivity contribution is 6.30. The van der Waals surface area contributed by atoms with Crippen LogP contribution in [-0.2, 0) is 4.79 Å². The molecule has 0 aromatic heterocycles. The van der Waals surface area contributed by atoms with Crippen molar-refractivity contribution in [1.29, 1.82) is 0 Å². The molecule has 0 bridgehead atoms. The molecule has 2 nitrogen and oxygen atoms in total. The standard InChI is InChI=1S/C13H9ClO.C3H6O/c14-12-8-6-11(7-9-12)13(15)10-4-2-1-3-5-10;1-3(2)4/h1-9H;1-2H3. The molecule has 2 aromatic rings. The molecule has 0 aliphatic rings. The van der Waals surface area contributed by atoms with Gasteiger partial charge in [0, 0.05) is 16.1 Å². The Morgan fingerprint density at radius 3 is 1.68 bits per heavy atom. The van der Waals surface area contributed by atoms with Gasteiger partial charge in [0.15, 0.2) is 5.78 Å². The predicted octanol–water partition coefficient (Wildman–Crippen LogP) is 4.17. The van der Waals surface area contributed by atoms with E-state index in [4.69, 9.17) is 11.6 Å². The lowest BCUT2D eigenvalue weighted by Crippen LogP contribution is -1.99. The van der Waals surface area contributed by atoms with Crippen molar-refractivity contribution in [2.45, 2.75) is 13.8 Å². The Bertz CT molecular complexity index is 541. The van der Waals surface area contributed by atoms with Crippen LogP contribution >= 0.6 is 11.6 Å². The summed E-state index contributed by atoms with van der Waals surface area (Å²) in [6, 6.07) is 16.1. The maximum absolute atomic E-state index is 11.9. The lowest BCUT2D eigenvalue weighted by atomic mass is 10.0. The van der Waals surface area contributed by atoms with Crippen LogP contribution in [0.5, 0.6) is 0 Å². The van der Waals surface area contributed by atoms with Gasteiger partial charge in [0.2, 0.25) is 0 Å². The molecular formula is C16H15ClO2. The van der Waals surface area contributed by atoms with Crippen LogP contribution in [0.3, 0.4) is 0 Å². The summed E-state index contributed by atoms with van der Waals surface area (Å²) in [5.74, 6) is 0.187. The van der Waals surface area contributed by atoms with Gasteiger partial charge in [-0.2, -0.15) is 0 Å². The summed E-state index contributed by atoms with van der Waals surface area (Å²) >= 11 is 5.75. The van der Waals surface area contributed by atoms with E-state index in [0.29, 0.717) is 16.1 Å². The van der Waals surface area contributed by atoms with Gasteiger partial charge in [0.05, 0.1) is 0 Å². The van der Waals surface area contributed by atoms with Crippen molar-refractivity contribution in [2.24, 2.45) is 0 Å². The molecule has 0 saturated heterocycles. The normalized spacial score (nSPS) is 9.21. The van der Waals surface area contributed by atoms with E-state index in [1.807, 2.05) is 18.2 Å². The van der Waals surface area contributed by atoms with Gasteiger partial charge in [-0.3, -0.25) is 4.79 Å². The molecule has 0 spiro atoms. The van der Waals surface area contributed by atoms with E-state index in [9.17, 15) is 9.59 Å². The van der Waals surface area contributed by atoms with E-state index in [1.54, 1.807) is 36.4 Å². The number of Topliss-reactive ketones (excluding diaryl/α,β-unsaturated/α-hetero) is 1. The summed E-state index contributed by atoms with van der Waals surface area (Å²) in [7, 11) is 0. The summed E-state index contributed by atoms with van der Waals surface area (Å²) < 4.78 is 0. The second-order valence-electron chi connectivity index (χ2n) is 4.11. The monoisotopic (exact) mass is 274 g/mol. The zero-order chi connectivity index (χ0) is 14.3. The molecule has 0 N–H and O–H groups in total. The lowest BCUT2D eigenvalue weighted by Gasteiger charge is -2.00. The van der Waals surface area contributed by atoms with Crippen molar-refractivity contribution in [3.63, 3.8) is 0 Å². The van der Waals surface area contributed by atoms with Gasteiger partial charge in [0.25, 0.3) is 0 Å². The number of ketones is 2. The SMILES string of the molecule is CC(C)=O.O=C(c1ccccc1)c1ccc(Cl)cc1. The molecule has 0 unspecified atom stereocenters. The Balaban J connectivity index is 0.000000399. The average molecular weight is 275 g/mol. The van der Waals surface area contributed by atoms with Crippen molar-refractivity contribution >= 4 is 23.2 Å². The Morgan fingerprint density at radius 2 is 1.21 bits per heavy atom. The maximum atomic E-state index is 11.9. The minimum atomic E-state index is 0.0206. The van der Waals surface area contributed by atoms with Crippen molar-refractivity contribution in [1.82, 2.24) is 0 Å². The third-order valence-corrected chi connectivity index (χ3v) is 2.39. The number of carbonyl (C=O) groups is 2. The van der Waals surface area contributed by atoms with Gasteiger partial charge in [0.1, 0.15) is 5.78 Å². The molecule has 0 aliphatic carbocycles. The molecule has 2 rings (SSSR count). The molecule has 0 amide bonds. The smallest absolute Gasteiger partial charge is 0.193 e. The Labute approximate surface area is 118 Å². The second kappa shape index (κ2) is 7.49.